The lowest BCUT2D eigenvalue weighted by atomic mass is 10.2. The quantitative estimate of drug-likeness (QED) is 0.700. The summed E-state index contributed by atoms with van der Waals surface area (Å²) in [7, 11) is -3.49. The number of nitrogens with one attached hydrogen (secondary N) is 1. The van der Waals surface area contributed by atoms with Gasteiger partial charge >= 0.3 is 0 Å². The second kappa shape index (κ2) is 8.41. The number of aromatic nitrogens is 1. The maximum Gasteiger partial charge on any atom is 0.250 e. The van der Waals surface area contributed by atoms with Crippen LogP contribution in [-0.4, -0.2) is 57.9 Å². The molecule has 3 heterocycles. The lowest BCUT2D eigenvalue weighted by Gasteiger charge is -2.26. The van der Waals surface area contributed by atoms with Gasteiger partial charge in [0.05, 0.1) is 18.9 Å². The van der Waals surface area contributed by atoms with Gasteiger partial charge in [-0.15, -0.1) is 11.3 Å². The zero-order valence-electron chi connectivity index (χ0n) is 14.2. The first kappa shape index (κ1) is 18.5. The molecule has 25 heavy (non-hydrogen) atoms. The molecular formula is C16H23N3O4S2. The standard InChI is InChI=1S/C16H23N3O4S2/c1-2-14-11-15(23-18-14)13-10-16(24-12-13)25(20,21)17-4-3-5-19-6-8-22-9-7-19/h10-12,17H,2-9H2,1H3. The summed E-state index contributed by atoms with van der Waals surface area (Å²) in [4.78, 5) is 2.29. The molecule has 0 unspecified atom stereocenters. The van der Waals surface area contributed by atoms with Crippen molar-refractivity contribution in [1.29, 1.82) is 0 Å². The highest BCUT2D eigenvalue weighted by atomic mass is 32.2. The van der Waals surface area contributed by atoms with Crippen molar-refractivity contribution in [3.8, 4) is 11.3 Å². The van der Waals surface area contributed by atoms with Gasteiger partial charge in [-0.3, -0.25) is 4.90 Å². The lowest BCUT2D eigenvalue weighted by Crippen LogP contribution is -2.38. The van der Waals surface area contributed by atoms with Crippen LogP contribution >= 0.6 is 11.3 Å². The molecule has 1 aliphatic rings. The Morgan fingerprint density at radius 3 is 2.84 bits per heavy atom. The van der Waals surface area contributed by atoms with Gasteiger partial charge in [0, 0.05) is 36.6 Å². The maximum atomic E-state index is 12.4. The molecule has 2 aromatic heterocycles. The number of sulfonamides is 1. The van der Waals surface area contributed by atoms with E-state index in [4.69, 9.17) is 9.26 Å². The molecule has 0 saturated carbocycles. The predicted molar refractivity (Wildman–Crippen MR) is 96.3 cm³/mol. The Balaban J connectivity index is 1.53. The number of morpholine rings is 1. The molecule has 0 aromatic carbocycles. The van der Waals surface area contributed by atoms with Crippen molar-refractivity contribution in [3.63, 3.8) is 0 Å². The van der Waals surface area contributed by atoms with Crippen molar-refractivity contribution in [3.05, 3.63) is 23.2 Å². The molecule has 1 fully saturated rings. The smallest absolute Gasteiger partial charge is 0.250 e. The number of aryl methyl sites for hydroxylation is 1. The number of hydrogen-bond donors (Lipinski definition) is 1. The minimum Gasteiger partial charge on any atom is -0.379 e. The summed E-state index contributed by atoms with van der Waals surface area (Å²) in [6.07, 6.45) is 1.56. The average molecular weight is 386 g/mol. The molecule has 0 amide bonds. The molecular weight excluding hydrogens is 362 g/mol. The van der Waals surface area contributed by atoms with Gasteiger partial charge in [-0.25, -0.2) is 13.1 Å². The molecule has 0 atom stereocenters. The first-order valence-electron chi connectivity index (χ1n) is 8.43. The van der Waals surface area contributed by atoms with Crippen molar-refractivity contribution in [2.24, 2.45) is 0 Å². The van der Waals surface area contributed by atoms with E-state index in [0.29, 0.717) is 16.5 Å². The third kappa shape index (κ3) is 4.89. The van der Waals surface area contributed by atoms with E-state index in [1.165, 1.54) is 11.3 Å². The van der Waals surface area contributed by atoms with E-state index in [1.54, 1.807) is 11.4 Å². The molecule has 3 rings (SSSR count). The van der Waals surface area contributed by atoms with Crippen molar-refractivity contribution in [2.75, 3.05) is 39.4 Å². The van der Waals surface area contributed by atoms with Gasteiger partial charge < -0.3 is 9.26 Å². The second-order valence-corrected chi connectivity index (χ2v) is 8.80. The molecule has 0 aliphatic carbocycles. The lowest BCUT2D eigenvalue weighted by molar-refractivity contribution is 0.0376. The Labute approximate surface area is 152 Å². The van der Waals surface area contributed by atoms with Crippen LogP contribution in [0.2, 0.25) is 0 Å². The molecule has 0 bridgehead atoms. The highest BCUT2D eigenvalue weighted by Gasteiger charge is 2.18. The molecule has 1 saturated heterocycles. The minimum absolute atomic E-state index is 0.295. The minimum atomic E-state index is -3.49. The van der Waals surface area contributed by atoms with E-state index in [-0.39, 0.29) is 0 Å². The van der Waals surface area contributed by atoms with Crippen LogP contribution in [0.5, 0.6) is 0 Å². The number of hydrogen-bond acceptors (Lipinski definition) is 7. The monoisotopic (exact) mass is 385 g/mol. The third-order valence-corrected chi connectivity index (χ3v) is 6.99. The molecule has 0 radical (unpaired) electrons. The van der Waals surface area contributed by atoms with E-state index in [0.717, 1.165) is 56.9 Å². The maximum absolute atomic E-state index is 12.4. The van der Waals surface area contributed by atoms with Crippen LogP contribution in [0.15, 0.2) is 26.2 Å². The number of rotatable bonds is 8. The first-order chi connectivity index (χ1) is 12.1. The first-order valence-corrected chi connectivity index (χ1v) is 10.8. The van der Waals surface area contributed by atoms with Crippen LogP contribution in [0.3, 0.4) is 0 Å². The van der Waals surface area contributed by atoms with Crippen LogP contribution in [0.1, 0.15) is 19.0 Å². The van der Waals surface area contributed by atoms with Gasteiger partial charge in [0.25, 0.3) is 0 Å². The summed E-state index contributed by atoms with van der Waals surface area (Å²) >= 11 is 1.19. The molecule has 138 valence electrons. The van der Waals surface area contributed by atoms with Crippen molar-refractivity contribution in [2.45, 2.75) is 24.0 Å². The summed E-state index contributed by atoms with van der Waals surface area (Å²) in [5, 5.41) is 5.72. The zero-order valence-corrected chi connectivity index (χ0v) is 15.9. The summed E-state index contributed by atoms with van der Waals surface area (Å²) in [5.41, 5.74) is 1.60. The van der Waals surface area contributed by atoms with Crippen LogP contribution in [0.4, 0.5) is 0 Å². The number of nitrogens with zero attached hydrogens (tertiary/aromatic N) is 2. The number of ether oxygens (including phenoxy) is 1. The van der Waals surface area contributed by atoms with E-state index in [9.17, 15) is 8.42 Å². The van der Waals surface area contributed by atoms with Crippen molar-refractivity contribution < 1.29 is 17.7 Å². The van der Waals surface area contributed by atoms with Gasteiger partial charge in [0.15, 0.2) is 5.76 Å². The van der Waals surface area contributed by atoms with Crippen LogP contribution in [0.25, 0.3) is 11.3 Å². The summed E-state index contributed by atoms with van der Waals surface area (Å²) in [6.45, 7) is 6.63. The normalized spacial score (nSPS) is 16.4. The average Bonchev–Trinajstić information content (AvgIpc) is 3.28. The predicted octanol–water partition coefficient (Wildman–Crippen LogP) is 1.97. The summed E-state index contributed by atoms with van der Waals surface area (Å²) in [6, 6.07) is 3.48. The number of thiophene rings is 1. The van der Waals surface area contributed by atoms with Gasteiger partial charge in [0.2, 0.25) is 10.0 Å². The molecule has 9 heteroatoms. The SMILES string of the molecule is CCc1cc(-c2csc(S(=O)(=O)NCCCN3CCOCC3)c2)on1. The largest absolute Gasteiger partial charge is 0.379 e. The molecule has 1 N–H and O–H groups in total. The molecule has 2 aromatic rings. The summed E-state index contributed by atoms with van der Waals surface area (Å²) < 4.78 is 38.3. The zero-order chi connectivity index (χ0) is 17.7. The highest BCUT2D eigenvalue weighted by Crippen LogP contribution is 2.29. The fraction of sp³-hybridized carbons (Fsp3) is 0.562. The Hall–Kier alpha value is -1.26. The topological polar surface area (TPSA) is 84.7 Å². The van der Waals surface area contributed by atoms with E-state index in [1.807, 2.05) is 13.0 Å². The Morgan fingerprint density at radius 2 is 2.12 bits per heavy atom. The van der Waals surface area contributed by atoms with Gasteiger partial charge in [-0.2, -0.15) is 0 Å². The Morgan fingerprint density at radius 1 is 1.32 bits per heavy atom. The molecule has 0 spiro atoms. The van der Waals surface area contributed by atoms with Crippen LogP contribution in [0, 0.1) is 0 Å². The van der Waals surface area contributed by atoms with Gasteiger partial charge in [-0.05, 0) is 25.5 Å². The van der Waals surface area contributed by atoms with Crippen LogP contribution < -0.4 is 4.72 Å². The fourth-order valence-corrected chi connectivity index (χ4v) is 4.89. The Kier molecular flexibility index (Phi) is 6.24. The van der Waals surface area contributed by atoms with E-state index in [2.05, 4.69) is 14.8 Å². The third-order valence-electron chi connectivity index (χ3n) is 4.09. The molecule has 1 aliphatic heterocycles. The van der Waals surface area contributed by atoms with E-state index >= 15 is 0 Å². The van der Waals surface area contributed by atoms with Crippen molar-refractivity contribution in [1.82, 2.24) is 14.8 Å². The van der Waals surface area contributed by atoms with Gasteiger partial charge in [0.1, 0.15) is 4.21 Å². The van der Waals surface area contributed by atoms with Crippen LogP contribution in [-0.2, 0) is 21.2 Å². The van der Waals surface area contributed by atoms with E-state index < -0.39 is 10.0 Å². The second-order valence-electron chi connectivity index (χ2n) is 5.90. The highest BCUT2D eigenvalue weighted by molar-refractivity contribution is 7.91. The van der Waals surface area contributed by atoms with Gasteiger partial charge in [-0.1, -0.05) is 12.1 Å². The fourth-order valence-electron chi connectivity index (χ4n) is 2.61. The molecule has 7 nitrogen and oxygen atoms in total. The summed E-state index contributed by atoms with van der Waals surface area (Å²) in [5.74, 6) is 0.599. The van der Waals surface area contributed by atoms with Crippen molar-refractivity contribution >= 4 is 21.4 Å². The Bertz CT molecular complexity index is 779.